The molecule has 2 atom stereocenters. The third kappa shape index (κ3) is 5.36. The van der Waals surface area contributed by atoms with Gasteiger partial charge in [0.25, 0.3) is 0 Å². The van der Waals surface area contributed by atoms with E-state index < -0.39 is 12.1 Å². The first kappa shape index (κ1) is 18.5. The predicted molar refractivity (Wildman–Crippen MR) is 87.7 cm³/mol. The zero-order chi connectivity index (χ0) is 17.4. The molecule has 24 heavy (non-hydrogen) atoms. The Morgan fingerprint density at radius 2 is 2.25 bits per heavy atom. The first-order valence-electron chi connectivity index (χ1n) is 8.03. The van der Waals surface area contributed by atoms with E-state index in [1.54, 1.807) is 18.2 Å². The molecule has 1 aliphatic heterocycles. The Bertz CT molecular complexity index is 530. The first-order chi connectivity index (χ1) is 11.6. The van der Waals surface area contributed by atoms with Gasteiger partial charge in [0, 0.05) is 19.7 Å². The molecule has 0 unspecified atom stereocenters. The van der Waals surface area contributed by atoms with Gasteiger partial charge < -0.3 is 29.4 Å². The summed E-state index contributed by atoms with van der Waals surface area (Å²) in [7, 11) is 2.81. The molecule has 0 radical (unpaired) electrons. The van der Waals surface area contributed by atoms with Crippen LogP contribution in [0.25, 0.3) is 0 Å². The van der Waals surface area contributed by atoms with Gasteiger partial charge in [-0.15, -0.1) is 0 Å². The zero-order valence-electron chi connectivity index (χ0n) is 14.1. The number of hydrogen-bond acceptors (Lipinski definition) is 7. The molecular weight excluding hydrogens is 314 g/mol. The Morgan fingerprint density at radius 3 is 2.92 bits per heavy atom. The largest absolute Gasteiger partial charge is 0.493 e. The van der Waals surface area contributed by atoms with Crippen LogP contribution in [0.4, 0.5) is 0 Å². The van der Waals surface area contributed by atoms with Gasteiger partial charge in [-0.3, -0.25) is 0 Å². The second kappa shape index (κ2) is 9.46. The predicted octanol–water partition coefficient (Wildman–Crippen LogP) is 0.990. The van der Waals surface area contributed by atoms with Gasteiger partial charge in [0.1, 0.15) is 12.7 Å². The van der Waals surface area contributed by atoms with Crippen molar-refractivity contribution in [3.63, 3.8) is 0 Å². The number of aliphatic hydroxyl groups excluding tert-OH is 1. The van der Waals surface area contributed by atoms with Crippen LogP contribution in [0.5, 0.6) is 11.5 Å². The molecular formula is C17H25NO6. The summed E-state index contributed by atoms with van der Waals surface area (Å²) in [5, 5.41) is 13.2. The molecule has 0 aliphatic carbocycles. The fraction of sp³-hybridized carbons (Fsp3) is 0.588. The van der Waals surface area contributed by atoms with Crippen molar-refractivity contribution < 1.29 is 28.8 Å². The van der Waals surface area contributed by atoms with Gasteiger partial charge in [0.2, 0.25) is 0 Å². The number of esters is 1. The van der Waals surface area contributed by atoms with Crippen molar-refractivity contribution in [1.29, 1.82) is 0 Å². The average molecular weight is 339 g/mol. The number of rotatable bonds is 9. The van der Waals surface area contributed by atoms with Crippen molar-refractivity contribution >= 4 is 5.97 Å². The summed E-state index contributed by atoms with van der Waals surface area (Å²) in [4.78, 5) is 11.5. The minimum Gasteiger partial charge on any atom is -0.493 e. The first-order valence-corrected chi connectivity index (χ1v) is 8.03. The summed E-state index contributed by atoms with van der Waals surface area (Å²) in [6.07, 6.45) is 1.74. The normalized spacial score (nSPS) is 18.2. The maximum Gasteiger partial charge on any atom is 0.337 e. The lowest BCUT2D eigenvalue weighted by atomic mass is 10.2. The van der Waals surface area contributed by atoms with Gasteiger partial charge >= 0.3 is 5.97 Å². The number of hydrogen-bond donors (Lipinski definition) is 2. The highest BCUT2D eigenvalue weighted by molar-refractivity contribution is 5.90. The summed E-state index contributed by atoms with van der Waals surface area (Å²) in [6, 6.07) is 4.76. The second-order valence-corrected chi connectivity index (χ2v) is 5.62. The quantitative estimate of drug-likeness (QED) is 0.649. The van der Waals surface area contributed by atoms with Crippen LogP contribution in [0.15, 0.2) is 18.2 Å². The molecule has 1 aromatic rings. The zero-order valence-corrected chi connectivity index (χ0v) is 14.1. The molecule has 0 aromatic heterocycles. The summed E-state index contributed by atoms with van der Waals surface area (Å²) in [5.74, 6) is 0.430. The minimum absolute atomic E-state index is 0.118. The third-order valence-corrected chi connectivity index (χ3v) is 3.79. The topological polar surface area (TPSA) is 86.3 Å². The molecule has 134 valence electrons. The van der Waals surface area contributed by atoms with Crippen molar-refractivity contribution in [2.24, 2.45) is 0 Å². The number of carbonyl (C=O) groups excluding carboxylic acids is 1. The van der Waals surface area contributed by atoms with E-state index in [1.807, 2.05) is 0 Å². The molecule has 0 bridgehead atoms. The number of nitrogens with one attached hydrogen (secondary N) is 1. The lowest BCUT2D eigenvalue weighted by molar-refractivity contribution is 0.0599. The van der Waals surface area contributed by atoms with E-state index in [9.17, 15) is 9.90 Å². The average Bonchev–Trinajstić information content (AvgIpc) is 3.12. The molecule has 1 fully saturated rings. The van der Waals surface area contributed by atoms with Gasteiger partial charge in [-0.25, -0.2) is 4.79 Å². The van der Waals surface area contributed by atoms with Gasteiger partial charge in [-0.1, -0.05) is 0 Å². The minimum atomic E-state index is -0.656. The molecule has 0 spiro atoms. The summed E-state index contributed by atoms with van der Waals surface area (Å²) < 4.78 is 21.0. The van der Waals surface area contributed by atoms with Crippen LogP contribution in [0, 0.1) is 0 Å². The maximum absolute atomic E-state index is 11.5. The monoisotopic (exact) mass is 339 g/mol. The van der Waals surface area contributed by atoms with E-state index in [-0.39, 0.29) is 12.7 Å². The van der Waals surface area contributed by atoms with E-state index >= 15 is 0 Å². The van der Waals surface area contributed by atoms with E-state index in [0.29, 0.717) is 23.6 Å². The number of benzene rings is 1. The van der Waals surface area contributed by atoms with E-state index in [1.165, 1.54) is 14.2 Å². The van der Waals surface area contributed by atoms with Crippen molar-refractivity contribution in [3.8, 4) is 11.5 Å². The van der Waals surface area contributed by atoms with Crippen molar-refractivity contribution in [1.82, 2.24) is 5.32 Å². The molecule has 7 heteroatoms. The Balaban J connectivity index is 1.78. The molecule has 1 heterocycles. The molecule has 2 N–H and O–H groups in total. The maximum atomic E-state index is 11.5. The molecule has 1 aromatic carbocycles. The highest BCUT2D eigenvalue weighted by atomic mass is 16.5. The lowest BCUT2D eigenvalue weighted by Crippen LogP contribution is -2.35. The Hall–Kier alpha value is -1.83. The van der Waals surface area contributed by atoms with Gasteiger partial charge in [0.05, 0.1) is 25.9 Å². The van der Waals surface area contributed by atoms with Crippen LogP contribution in [0.3, 0.4) is 0 Å². The Labute approximate surface area is 141 Å². The van der Waals surface area contributed by atoms with E-state index in [4.69, 9.17) is 14.2 Å². The molecule has 7 nitrogen and oxygen atoms in total. The fourth-order valence-corrected chi connectivity index (χ4v) is 2.49. The number of carbonyl (C=O) groups is 1. The molecule has 1 saturated heterocycles. The van der Waals surface area contributed by atoms with Crippen LogP contribution < -0.4 is 14.8 Å². The van der Waals surface area contributed by atoms with Crippen LogP contribution >= 0.6 is 0 Å². The van der Waals surface area contributed by atoms with Crippen LogP contribution in [-0.4, -0.2) is 63.8 Å². The Morgan fingerprint density at radius 1 is 1.42 bits per heavy atom. The SMILES string of the molecule is COC(=O)c1ccc(OC[C@H](O)CNC[C@@H]2CCCO2)c(OC)c1. The molecule has 0 amide bonds. The molecule has 1 aliphatic rings. The number of methoxy groups -OCH3 is 2. The van der Waals surface area contributed by atoms with E-state index in [0.717, 1.165) is 26.0 Å². The molecule has 2 rings (SSSR count). The highest BCUT2D eigenvalue weighted by Crippen LogP contribution is 2.28. The number of aliphatic hydroxyl groups is 1. The van der Waals surface area contributed by atoms with Crippen LogP contribution in [0.1, 0.15) is 23.2 Å². The van der Waals surface area contributed by atoms with E-state index in [2.05, 4.69) is 10.1 Å². The smallest absolute Gasteiger partial charge is 0.337 e. The number of ether oxygens (including phenoxy) is 4. The Kier molecular flexibility index (Phi) is 7.30. The standard InChI is InChI=1S/C17H25NO6/c1-21-16-8-12(17(20)22-2)5-6-15(16)24-11-13(19)9-18-10-14-4-3-7-23-14/h5-6,8,13-14,18-19H,3-4,7,9-11H2,1-2H3/t13-,14+/m1/s1. The molecule has 0 saturated carbocycles. The summed E-state index contributed by atoms with van der Waals surface area (Å²) >= 11 is 0. The van der Waals surface area contributed by atoms with Crippen molar-refractivity contribution in [2.75, 3.05) is 40.5 Å². The van der Waals surface area contributed by atoms with Gasteiger partial charge in [0.15, 0.2) is 11.5 Å². The highest BCUT2D eigenvalue weighted by Gasteiger charge is 2.16. The van der Waals surface area contributed by atoms with Gasteiger partial charge in [-0.2, -0.15) is 0 Å². The summed E-state index contributed by atoms with van der Waals surface area (Å²) in [5.41, 5.74) is 0.375. The third-order valence-electron chi connectivity index (χ3n) is 3.79. The van der Waals surface area contributed by atoms with Gasteiger partial charge in [-0.05, 0) is 31.0 Å². The summed E-state index contributed by atoms with van der Waals surface area (Å²) in [6.45, 7) is 2.09. The lowest BCUT2D eigenvalue weighted by Gasteiger charge is -2.16. The fourth-order valence-electron chi connectivity index (χ4n) is 2.49. The second-order valence-electron chi connectivity index (χ2n) is 5.62. The van der Waals surface area contributed by atoms with Crippen molar-refractivity contribution in [2.45, 2.75) is 25.0 Å². The van der Waals surface area contributed by atoms with Crippen LogP contribution in [-0.2, 0) is 9.47 Å². The van der Waals surface area contributed by atoms with Crippen LogP contribution in [0.2, 0.25) is 0 Å². The van der Waals surface area contributed by atoms with Crippen molar-refractivity contribution in [3.05, 3.63) is 23.8 Å².